The maximum absolute atomic E-state index is 12.7. The number of fused-ring (bicyclic) bond motifs is 1. The number of carbonyl (C=O) groups is 2. The van der Waals surface area contributed by atoms with E-state index in [-0.39, 0.29) is 11.8 Å². The van der Waals surface area contributed by atoms with Crippen LogP contribution < -0.4 is 5.32 Å². The van der Waals surface area contributed by atoms with E-state index in [9.17, 15) is 9.59 Å². The minimum Gasteiger partial charge on any atom is -0.339 e. The molecule has 4 rings (SSSR count). The highest BCUT2D eigenvalue weighted by molar-refractivity contribution is 6.05. The van der Waals surface area contributed by atoms with E-state index in [1.54, 1.807) is 47.6 Å². The van der Waals surface area contributed by atoms with E-state index >= 15 is 0 Å². The zero-order valence-electron chi connectivity index (χ0n) is 17.6. The fraction of sp³-hybridized carbons (Fsp3) is 0.160. The van der Waals surface area contributed by atoms with Crippen LogP contribution in [0.1, 0.15) is 34.6 Å². The van der Waals surface area contributed by atoms with Gasteiger partial charge in [0.25, 0.3) is 11.8 Å². The second kappa shape index (κ2) is 8.83. The largest absolute Gasteiger partial charge is 0.339 e. The van der Waals surface area contributed by atoms with Gasteiger partial charge in [-0.2, -0.15) is 0 Å². The Morgan fingerprint density at radius 3 is 2.39 bits per heavy atom. The van der Waals surface area contributed by atoms with Gasteiger partial charge in [-0.1, -0.05) is 18.2 Å². The standard InChI is InChI=1S/C25H24N4O2/c1-3-28(4-2)25(31)19-8-7-9-20(16-19)27-24(30)18-12-14-21(15-13-18)29-17-26-22-10-5-6-11-23(22)29/h5-17H,3-4H2,1-2H3,(H,27,30). The predicted octanol–water partition coefficient (Wildman–Crippen LogP) is 4.76. The highest BCUT2D eigenvalue weighted by atomic mass is 16.2. The van der Waals surface area contributed by atoms with Crippen LogP contribution in [0.4, 0.5) is 5.69 Å². The summed E-state index contributed by atoms with van der Waals surface area (Å²) >= 11 is 0. The Bertz CT molecular complexity index is 1220. The first kappa shape index (κ1) is 20.3. The summed E-state index contributed by atoms with van der Waals surface area (Å²) in [6.45, 7) is 5.18. The SMILES string of the molecule is CCN(CC)C(=O)c1cccc(NC(=O)c2ccc(-n3cnc4ccccc43)cc2)c1. The summed E-state index contributed by atoms with van der Waals surface area (Å²) < 4.78 is 1.99. The van der Waals surface area contributed by atoms with Crippen LogP contribution in [0.25, 0.3) is 16.7 Å². The fourth-order valence-electron chi connectivity index (χ4n) is 3.56. The number of carbonyl (C=O) groups excluding carboxylic acids is 2. The number of nitrogens with zero attached hydrogens (tertiary/aromatic N) is 3. The van der Waals surface area contributed by atoms with Crippen LogP contribution in [0.15, 0.2) is 79.1 Å². The van der Waals surface area contributed by atoms with Crippen molar-refractivity contribution in [2.45, 2.75) is 13.8 Å². The van der Waals surface area contributed by atoms with Crippen LogP contribution in [0.5, 0.6) is 0 Å². The Morgan fingerprint density at radius 2 is 1.65 bits per heavy atom. The van der Waals surface area contributed by atoms with Gasteiger partial charge >= 0.3 is 0 Å². The van der Waals surface area contributed by atoms with Crippen molar-refractivity contribution in [1.29, 1.82) is 0 Å². The lowest BCUT2D eigenvalue weighted by Crippen LogP contribution is -2.30. The lowest BCUT2D eigenvalue weighted by atomic mass is 10.1. The number of aromatic nitrogens is 2. The number of anilines is 1. The predicted molar refractivity (Wildman–Crippen MR) is 123 cm³/mol. The van der Waals surface area contributed by atoms with Crippen molar-refractivity contribution in [3.8, 4) is 5.69 Å². The van der Waals surface area contributed by atoms with Crippen molar-refractivity contribution in [3.63, 3.8) is 0 Å². The minimum atomic E-state index is -0.227. The van der Waals surface area contributed by atoms with Crippen molar-refractivity contribution in [2.24, 2.45) is 0 Å². The maximum Gasteiger partial charge on any atom is 0.255 e. The number of benzene rings is 3. The molecule has 4 aromatic rings. The second-order valence-electron chi connectivity index (χ2n) is 7.16. The molecule has 0 bridgehead atoms. The summed E-state index contributed by atoms with van der Waals surface area (Å²) in [6.07, 6.45) is 1.78. The number of hydrogen-bond donors (Lipinski definition) is 1. The first-order chi connectivity index (χ1) is 15.1. The Morgan fingerprint density at radius 1 is 0.903 bits per heavy atom. The number of amides is 2. The van der Waals surface area contributed by atoms with Gasteiger partial charge in [0.2, 0.25) is 0 Å². The molecule has 2 amide bonds. The molecule has 156 valence electrons. The average molecular weight is 412 g/mol. The van der Waals surface area contributed by atoms with Gasteiger partial charge in [-0.25, -0.2) is 4.98 Å². The third-order valence-corrected chi connectivity index (χ3v) is 5.28. The summed E-state index contributed by atoms with van der Waals surface area (Å²) in [7, 11) is 0. The van der Waals surface area contributed by atoms with E-state index in [4.69, 9.17) is 0 Å². The third-order valence-electron chi connectivity index (χ3n) is 5.28. The summed E-state index contributed by atoms with van der Waals surface area (Å²) in [5, 5.41) is 2.88. The Balaban J connectivity index is 1.51. The summed E-state index contributed by atoms with van der Waals surface area (Å²) in [4.78, 5) is 31.4. The molecule has 1 N–H and O–H groups in total. The first-order valence-corrected chi connectivity index (χ1v) is 10.3. The van der Waals surface area contributed by atoms with Crippen molar-refractivity contribution in [3.05, 3.63) is 90.3 Å². The molecule has 0 unspecified atom stereocenters. The van der Waals surface area contributed by atoms with Crippen LogP contribution in [0.3, 0.4) is 0 Å². The molecule has 0 aliphatic rings. The third kappa shape index (κ3) is 4.19. The highest BCUT2D eigenvalue weighted by Gasteiger charge is 2.14. The molecule has 0 aliphatic heterocycles. The van der Waals surface area contributed by atoms with Crippen molar-refractivity contribution in [1.82, 2.24) is 14.5 Å². The smallest absolute Gasteiger partial charge is 0.255 e. The van der Waals surface area contributed by atoms with E-state index in [0.717, 1.165) is 16.7 Å². The van der Waals surface area contributed by atoms with Gasteiger partial charge in [-0.05, 0) is 68.4 Å². The van der Waals surface area contributed by atoms with Gasteiger partial charge in [0.05, 0.1) is 11.0 Å². The second-order valence-corrected chi connectivity index (χ2v) is 7.16. The monoisotopic (exact) mass is 412 g/mol. The lowest BCUT2D eigenvalue weighted by Gasteiger charge is -2.19. The summed E-state index contributed by atoms with van der Waals surface area (Å²) in [5.41, 5.74) is 4.54. The molecule has 31 heavy (non-hydrogen) atoms. The lowest BCUT2D eigenvalue weighted by molar-refractivity contribution is 0.0772. The molecular weight excluding hydrogens is 388 g/mol. The molecule has 0 spiro atoms. The number of imidazole rings is 1. The van der Waals surface area contributed by atoms with Gasteiger partial charge in [-0.3, -0.25) is 14.2 Å². The van der Waals surface area contributed by atoms with E-state index in [1.165, 1.54) is 0 Å². The van der Waals surface area contributed by atoms with E-state index in [2.05, 4.69) is 10.3 Å². The highest BCUT2D eigenvalue weighted by Crippen LogP contribution is 2.19. The zero-order valence-corrected chi connectivity index (χ0v) is 17.6. The molecule has 0 aliphatic carbocycles. The quantitative estimate of drug-likeness (QED) is 0.496. The van der Waals surface area contributed by atoms with E-state index in [1.807, 2.05) is 54.8 Å². The molecular formula is C25H24N4O2. The van der Waals surface area contributed by atoms with Crippen LogP contribution in [-0.4, -0.2) is 39.4 Å². The number of rotatable bonds is 6. The normalized spacial score (nSPS) is 10.8. The van der Waals surface area contributed by atoms with Crippen molar-refractivity contribution >= 4 is 28.5 Å². The number of hydrogen-bond acceptors (Lipinski definition) is 3. The van der Waals surface area contributed by atoms with E-state index < -0.39 is 0 Å². The molecule has 6 heteroatoms. The maximum atomic E-state index is 12.7. The van der Waals surface area contributed by atoms with Gasteiger partial charge in [0.15, 0.2) is 0 Å². The molecule has 0 radical (unpaired) electrons. The Labute approximate surface area is 181 Å². The van der Waals surface area contributed by atoms with Crippen LogP contribution in [0, 0.1) is 0 Å². The van der Waals surface area contributed by atoms with Gasteiger partial charge in [0.1, 0.15) is 6.33 Å². The minimum absolute atomic E-state index is 0.0435. The molecule has 0 atom stereocenters. The Hall–Kier alpha value is -3.93. The van der Waals surface area contributed by atoms with Gasteiger partial charge < -0.3 is 10.2 Å². The fourth-order valence-corrected chi connectivity index (χ4v) is 3.56. The molecule has 0 saturated carbocycles. The van der Waals surface area contributed by atoms with Crippen LogP contribution in [0.2, 0.25) is 0 Å². The molecule has 1 aromatic heterocycles. The molecule has 3 aromatic carbocycles. The molecule has 1 heterocycles. The van der Waals surface area contributed by atoms with Gasteiger partial charge in [0, 0.05) is 35.6 Å². The van der Waals surface area contributed by atoms with Crippen molar-refractivity contribution in [2.75, 3.05) is 18.4 Å². The molecule has 6 nitrogen and oxygen atoms in total. The number of nitrogens with one attached hydrogen (secondary N) is 1. The van der Waals surface area contributed by atoms with Crippen LogP contribution >= 0.6 is 0 Å². The van der Waals surface area contributed by atoms with E-state index in [0.29, 0.717) is 29.9 Å². The van der Waals surface area contributed by atoms with Crippen molar-refractivity contribution < 1.29 is 9.59 Å². The molecule has 0 saturated heterocycles. The van der Waals surface area contributed by atoms with Gasteiger partial charge in [-0.15, -0.1) is 0 Å². The van der Waals surface area contributed by atoms with Crippen LogP contribution in [-0.2, 0) is 0 Å². The molecule has 0 fully saturated rings. The topological polar surface area (TPSA) is 67.2 Å². The zero-order chi connectivity index (χ0) is 21.8. The summed E-state index contributed by atoms with van der Waals surface area (Å²) in [6, 6.07) is 22.3. The average Bonchev–Trinajstić information content (AvgIpc) is 3.24. The first-order valence-electron chi connectivity index (χ1n) is 10.3. The summed E-state index contributed by atoms with van der Waals surface area (Å²) in [5.74, 6) is -0.271. The Kier molecular flexibility index (Phi) is 5.80. The number of para-hydroxylation sites is 2.